The number of likely N-dealkylation sites (N-methyl/N-ethyl adjacent to an activating group) is 1. The molecule has 0 bridgehead atoms. The SMILES string of the molecule is CCNC(=O)[C@H](Cc1ccccc1)N(Cc1ccc(C)cc1)C(=O)CN(c1ccc(I)cc1)S(=O)(=O)c1ccccc1. The van der Waals surface area contributed by atoms with Crippen molar-refractivity contribution in [1.29, 1.82) is 0 Å². The summed E-state index contributed by atoms with van der Waals surface area (Å²) in [6, 6.07) is 31.4. The first-order valence-corrected chi connectivity index (χ1v) is 16.2. The zero-order chi connectivity index (χ0) is 30.1. The van der Waals surface area contributed by atoms with E-state index in [1.807, 2.05) is 68.4 Å². The molecule has 0 aliphatic heterocycles. The van der Waals surface area contributed by atoms with Gasteiger partial charge < -0.3 is 10.2 Å². The second kappa shape index (κ2) is 14.5. The fraction of sp³-hybridized carbons (Fsp3) is 0.212. The monoisotopic (exact) mass is 695 g/mol. The molecule has 0 fully saturated rings. The lowest BCUT2D eigenvalue weighted by atomic mass is 10.0. The summed E-state index contributed by atoms with van der Waals surface area (Å²) in [6.45, 7) is 3.86. The molecular weight excluding hydrogens is 661 g/mol. The standard InChI is InChI=1S/C33H34IN3O4S/c1-3-35-33(39)31(22-26-10-6-4-7-11-26)36(23-27-16-14-25(2)15-17-27)32(38)24-37(29-20-18-28(34)19-21-29)42(40,41)30-12-8-5-9-13-30/h4-21,31H,3,22-24H2,1-2H3,(H,35,39)/t31-/m0/s1. The van der Waals surface area contributed by atoms with Gasteiger partial charge >= 0.3 is 0 Å². The highest BCUT2D eigenvalue weighted by atomic mass is 127. The summed E-state index contributed by atoms with van der Waals surface area (Å²) in [5, 5.41) is 2.88. The molecule has 1 N–H and O–H groups in total. The van der Waals surface area contributed by atoms with E-state index in [1.165, 1.54) is 17.0 Å². The quantitative estimate of drug-likeness (QED) is 0.197. The second-order valence-corrected chi connectivity index (χ2v) is 13.0. The highest BCUT2D eigenvalue weighted by Gasteiger charge is 2.34. The van der Waals surface area contributed by atoms with Crippen LogP contribution in [0, 0.1) is 10.5 Å². The Labute approximate surface area is 261 Å². The molecule has 0 aliphatic rings. The average Bonchev–Trinajstić information content (AvgIpc) is 3.00. The van der Waals surface area contributed by atoms with Crippen molar-refractivity contribution in [2.75, 3.05) is 17.4 Å². The predicted molar refractivity (Wildman–Crippen MR) is 174 cm³/mol. The van der Waals surface area contributed by atoms with Crippen LogP contribution >= 0.6 is 22.6 Å². The minimum absolute atomic E-state index is 0.0750. The molecule has 0 aromatic heterocycles. The van der Waals surface area contributed by atoms with Gasteiger partial charge in [-0.2, -0.15) is 0 Å². The normalized spacial score (nSPS) is 11.9. The molecule has 7 nitrogen and oxygen atoms in total. The summed E-state index contributed by atoms with van der Waals surface area (Å²) in [5.41, 5.74) is 3.16. The molecule has 0 spiro atoms. The van der Waals surface area contributed by atoms with Gasteiger partial charge in [0.25, 0.3) is 10.0 Å². The molecule has 4 aromatic rings. The van der Waals surface area contributed by atoms with Crippen LogP contribution in [0.3, 0.4) is 0 Å². The Kier molecular flexibility index (Phi) is 10.8. The number of anilines is 1. The number of amides is 2. The average molecular weight is 696 g/mol. The van der Waals surface area contributed by atoms with Crippen LogP contribution in [-0.2, 0) is 32.6 Å². The van der Waals surface area contributed by atoms with Gasteiger partial charge in [0.2, 0.25) is 11.8 Å². The number of rotatable bonds is 12. The number of benzene rings is 4. The van der Waals surface area contributed by atoms with Gasteiger partial charge in [0, 0.05) is 23.1 Å². The first-order valence-electron chi connectivity index (χ1n) is 13.7. The first kappa shape index (κ1) is 31.2. The molecule has 0 heterocycles. The van der Waals surface area contributed by atoms with Crippen molar-refractivity contribution in [3.05, 3.63) is 129 Å². The molecule has 4 aromatic carbocycles. The van der Waals surface area contributed by atoms with E-state index in [9.17, 15) is 18.0 Å². The Hall–Kier alpha value is -3.70. The number of halogens is 1. The fourth-order valence-corrected chi connectivity index (χ4v) is 6.39. The maximum absolute atomic E-state index is 14.3. The van der Waals surface area contributed by atoms with Gasteiger partial charge in [-0.25, -0.2) is 8.42 Å². The maximum Gasteiger partial charge on any atom is 0.264 e. The maximum atomic E-state index is 14.3. The van der Waals surface area contributed by atoms with E-state index in [2.05, 4.69) is 27.9 Å². The lowest BCUT2D eigenvalue weighted by Crippen LogP contribution is -2.53. The van der Waals surface area contributed by atoms with Crippen molar-refractivity contribution in [2.45, 2.75) is 37.8 Å². The number of hydrogen-bond acceptors (Lipinski definition) is 4. The summed E-state index contributed by atoms with van der Waals surface area (Å²) in [4.78, 5) is 29.4. The summed E-state index contributed by atoms with van der Waals surface area (Å²) < 4.78 is 29.9. The fourth-order valence-electron chi connectivity index (χ4n) is 4.59. The van der Waals surface area contributed by atoms with Crippen molar-refractivity contribution in [1.82, 2.24) is 10.2 Å². The Bertz CT molecular complexity index is 1580. The Morgan fingerprint density at radius 3 is 2.00 bits per heavy atom. The van der Waals surface area contributed by atoms with Crippen molar-refractivity contribution in [2.24, 2.45) is 0 Å². The lowest BCUT2D eigenvalue weighted by Gasteiger charge is -2.34. The van der Waals surface area contributed by atoms with Crippen LogP contribution in [-0.4, -0.2) is 44.3 Å². The molecule has 218 valence electrons. The first-order chi connectivity index (χ1) is 20.2. The molecule has 4 rings (SSSR count). The van der Waals surface area contributed by atoms with E-state index >= 15 is 0 Å². The second-order valence-electron chi connectivity index (χ2n) is 9.91. The number of nitrogens with one attached hydrogen (secondary N) is 1. The highest BCUT2D eigenvalue weighted by molar-refractivity contribution is 14.1. The molecule has 42 heavy (non-hydrogen) atoms. The van der Waals surface area contributed by atoms with Crippen molar-refractivity contribution >= 4 is 50.1 Å². The van der Waals surface area contributed by atoms with Crippen LogP contribution < -0.4 is 9.62 Å². The largest absolute Gasteiger partial charge is 0.355 e. The van der Waals surface area contributed by atoms with Gasteiger partial charge in [0.1, 0.15) is 12.6 Å². The van der Waals surface area contributed by atoms with Crippen molar-refractivity contribution in [3.63, 3.8) is 0 Å². The topological polar surface area (TPSA) is 86.8 Å². The smallest absolute Gasteiger partial charge is 0.264 e. The summed E-state index contributed by atoms with van der Waals surface area (Å²) in [7, 11) is -4.11. The molecular formula is C33H34IN3O4S. The van der Waals surface area contributed by atoms with Gasteiger partial charge in [-0.05, 0) is 84.0 Å². The number of carbonyl (C=O) groups is 2. The van der Waals surface area contributed by atoms with E-state index < -0.39 is 28.5 Å². The van der Waals surface area contributed by atoms with Crippen LogP contribution in [0.25, 0.3) is 0 Å². The lowest BCUT2D eigenvalue weighted by molar-refractivity contribution is -0.140. The van der Waals surface area contributed by atoms with Crippen LogP contribution in [0.1, 0.15) is 23.6 Å². The number of aryl methyl sites for hydroxylation is 1. The van der Waals surface area contributed by atoms with Gasteiger partial charge in [0.05, 0.1) is 10.6 Å². The Morgan fingerprint density at radius 1 is 0.810 bits per heavy atom. The molecule has 9 heteroatoms. The van der Waals surface area contributed by atoms with Crippen LogP contribution in [0.4, 0.5) is 5.69 Å². The van der Waals surface area contributed by atoms with E-state index in [0.717, 1.165) is 24.6 Å². The Morgan fingerprint density at radius 2 is 1.40 bits per heavy atom. The van der Waals surface area contributed by atoms with E-state index in [-0.39, 0.29) is 23.8 Å². The number of sulfonamides is 1. The van der Waals surface area contributed by atoms with Gasteiger partial charge in [-0.3, -0.25) is 13.9 Å². The summed E-state index contributed by atoms with van der Waals surface area (Å²) in [6.07, 6.45) is 0.277. The molecule has 2 amide bonds. The zero-order valence-electron chi connectivity index (χ0n) is 23.6. The summed E-state index contributed by atoms with van der Waals surface area (Å²) >= 11 is 2.15. The van der Waals surface area contributed by atoms with Crippen LogP contribution in [0.5, 0.6) is 0 Å². The van der Waals surface area contributed by atoms with Gasteiger partial charge in [-0.1, -0.05) is 78.4 Å². The van der Waals surface area contributed by atoms with Crippen LogP contribution in [0.2, 0.25) is 0 Å². The van der Waals surface area contributed by atoms with Gasteiger partial charge in [-0.15, -0.1) is 0 Å². The molecule has 0 aliphatic carbocycles. The van der Waals surface area contributed by atoms with E-state index in [4.69, 9.17) is 0 Å². The van der Waals surface area contributed by atoms with E-state index in [0.29, 0.717) is 12.2 Å². The highest BCUT2D eigenvalue weighted by Crippen LogP contribution is 2.26. The minimum Gasteiger partial charge on any atom is -0.355 e. The Balaban J connectivity index is 1.78. The predicted octanol–water partition coefficient (Wildman–Crippen LogP) is 5.57. The number of carbonyl (C=O) groups excluding carboxylic acids is 2. The third-order valence-corrected chi connectivity index (χ3v) is 9.33. The molecule has 0 saturated heterocycles. The molecule has 0 radical (unpaired) electrons. The minimum atomic E-state index is -4.11. The summed E-state index contributed by atoms with van der Waals surface area (Å²) in [5.74, 6) is -0.783. The third kappa shape index (κ3) is 7.98. The van der Waals surface area contributed by atoms with E-state index in [1.54, 1.807) is 42.5 Å². The third-order valence-electron chi connectivity index (χ3n) is 6.82. The number of hydrogen-bond donors (Lipinski definition) is 1. The number of nitrogens with zero attached hydrogens (tertiary/aromatic N) is 2. The van der Waals surface area contributed by atoms with Crippen molar-refractivity contribution < 1.29 is 18.0 Å². The van der Waals surface area contributed by atoms with Gasteiger partial charge in [0.15, 0.2) is 0 Å². The van der Waals surface area contributed by atoms with Crippen molar-refractivity contribution in [3.8, 4) is 0 Å². The molecule has 0 saturated carbocycles. The molecule has 1 atom stereocenters. The van der Waals surface area contributed by atoms with Crippen LogP contribution in [0.15, 0.2) is 114 Å². The molecule has 0 unspecified atom stereocenters. The zero-order valence-corrected chi connectivity index (χ0v) is 26.6.